The fraction of sp³-hybridized carbons (Fsp3) is 0.682. The molecule has 2 rings (SSSR count). The number of unbranched alkanes of at least 4 members (excludes halogenated alkanes) is 5. The van der Waals surface area contributed by atoms with Crippen molar-refractivity contribution < 1.29 is 13.2 Å². The van der Waals surface area contributed by atoms with Crippen LogP contribution >= 0.6 is 0 Å². The monoisotopic (exact) mass is 408 g/mol. The quantitative estimate of drug-likeness (QED) is 0.504. The van der Waals surface area contributed by atoms with Gasteiger partial charge in [-0.25, -0.2) is 8.42 Å². The number of benzene rings is 1. The smallest absolute Gasteiger partial charge is 0.238 e. The summed E-state index contributed by atoms with van der Waals surface area (Å²) in [6, 6.07) is 9.65. The Morgan fingerprint density at radius 3 is 2.54 bits per heavy atom. The molecule has 158 valence electrons. The zero-order valence-electron chi connectivity index (χ0n) is 17.2. The molecule has 1 heterocycles. The van der Waals surface area contributed by atoms with Gasteiger partial charge in [-0.2, -0.15) is 4.31 Å². The molecule has 1 N–H and O–H groups in total. The lowest BCUT2D eigenvalue weighted by atomic mass is 10.1. The first kappa shape index (κ1) is 22.9. The van der Waals surface area contributed by atoms with Crippen molar-refractivity contribution in [3.63, 3.8) is 0 Å². The number of nitrogens with zero attached hydrogens (tertiary/aromatic N) is 1. The highest BCUT2D eigenvalue weighted by atomic mass is 32.2. The molecular weight excluding hydrogens is 372 g/mol. The zero-order chi connectivity index (χ0) is 20.2. The average Bonchev–Trinajstić information content (AvgIpc) is 3.20. The minimum Gasteiger partial charge on any atom is -0.355 e. The molecule has 0 aromatic heterocycles. The minimum absolute atomic E-state index is 0.142. The van der Waals surface area contributed by atoms with E-state index in [2.05, 4.69) is 24.4 Å². The van der Waals surface area contributed by atoms with Gasteiger partial charge in [0.1, 0.15) is 6.04 Å². The number of rotatable bonds is 13. The normalized spacial score (nSPS) is 17.7. The Morgan fingerprint density at radius 1 is 1.07 bits per heavy atom. The SMILES string of the molecule is CCCCCCCCS(=O)(=O)N1CCC[C@H]1C(=O)NCCCc1ccccc1. The van der Waals surface area contributed by atoms with Crippen LogP contribution in [0.1, 0.15) is 70.3 Å². The van der Waals surface area contributed by atoms with E-state index in [4.69, 9.17) is 0 Å². The molecular formula is C22H36N2O3S. The molecule has 1 aliphatic rings. The maximum atomic E-state index is 12.7. The molecule has 0 unspecified atom stereocenters. The second-order valence-corrected chi connectivity index (χ2v) is 9.77. The van der Waals surface area contributed by atoms with Crippen molar-refractivity contribution in [2.24, 2.45) is 0 Å². The summed E-state index contributed by atoms with van der Waals surface area (Å²) in [5, 5.41) is 2.94. The lowest BCUT2D eigenvalue weighted by Crippen LogP contribution is -2.46. The molecule has 1 aromatic carbocycles. The van der Waals surface area contributed by atoms with Gasteiger partial charge < -0.3 is 5.32 Å². The second-order valence-electron chi connectivity index (χ2n) is 7.73. The molecule has 1 atom stereocenters. The molecule has 1 amide bonds. The summed E-state index contributed by atoms with van der Waals surface area (Å²) in [6.45, 7) is 3.22. The molecule has 1 saturated heterocycles. The van der Waals surface area contributed by atoms with E-state index in [0.29, 0.717) is 25.9 Å². The Bertz CT molecular complexity index is 676. The van der Waals surface area contributed by atoms with Gasteiger partial charge in [0.25, 0.3) is 0 Å². The maximum Gasteiger partial charge on any atom is 0.238 e. The topological polar surface area (TPSA) is 66.5 Å². The fourth-order valence-corrected chi connectivity index (χ4v) is 5.58. The molecule has 0 aliphatic carbocycles. The number of nitrogens with one attached hydrogen (secondary N) is 1. The molecule has 0 radical (unpaired) electrons. The van der Waals surface area contributed by atoms with Crippen LogP contribution in [0.2, 0.25) is 0 Å². The van der Waals surface area contributed by atoms with E-state index in [9.17, 15) is 13.2 Å². The van der Waals surface area contributed by atoms with Crippen LogP contribution in [0.4, 0.5) is 0 Å². The highest BCUT2D eigenvalue weighted by Gasteiger charge is 2.37. The molecule has 6 heteroatoms. The van der Waals surface area contributed by atoms with E-state index >= 15 is 0 Å². The number of hydrogen-bond donors (Lipinski definition) is 1. The fourth-order valence-electron chi connectivity index (χ4n) is 3.78. The van der Waals surface area contributed by atoms with E-state index in [1.54, 1.807) is 0 Å². The standard InChI is InChI=1S/C22H36N2O3S/c1-2-3-4-5-6-10-19-28(26,27)24-18-12-16-21(24)22(25)23-17-11-15-20-13-8-7-9-14-20/h7-9,13-14,21H,2-6,10-12,15-19H2,1H3,(H,23,25)/t21-/m0/s1. The first-order chi connectivity index (χ1) is 13.5. The van der Waals surface area contributed by atoms with Gasteiger partial charge in [-0.05, 0) is 37.7 Å². The zero-order valence-corrected chi connectivity index (χ0v) is 18.1. The third-order valence-corrected chi connectivity index (χ3v) is 7.36. The molecule has 0 spiro atoms. The van der Waals surface area contributed by atoms with Gasteiger partial charge in [-0.3, -0.25) is 4.79 Å². The first-order valence-electron chi connectivity index (χ1n) is 10.9. The van der Waals surface area contributed by atoms with Crippen LogP contribution in [-0.2, 0) is 21.2 Å². The van der Waals surface area contributed by atoms with Crippen LogP contribution in [0.5, 0.6) is 0 Å². The van der Waals surface area contributed by atoms with Crippen molar-refractivity contribution in [1.29, 1.82) is 0 Å². The molecule has 5 nitrogen and oxygen atoms in total. The summed E-state index contributed by atoms with van der Waals surface area (Å²) in [5.41, 5.74) is 1.25. The summed E-state index contributed by atoms with van der Waals surface area (Å²) in [4.78, 5) is 12.5. The highest BCUT2D eigenvalue weighted by Crippen LogP contribution is 2.22. The van der Waals surface area contributed by atoms with Gasteiger partial charge in [-0.1, -0.05) is 69.4 Å². The lowest BCUT2D eigenvalue weighted by molar-refractivity contribution is -0.124. The summed E-state index contributed by atoms with van der Waals surface area (Å²) < 4.78 is 26.8. The van der Waals surface area contributed by atoms with Crippen molar-refractivity contribution in [1.82, 2.24) is 9.62 Å². The number of carbonyl (C=O) groups is 1. The third kappa shape index (κ3) is 7.55. The Balaban J connectivity index is 1.73. The number of amides is 1. The largest absolute Gasteiger partial charge is 0.355 e. The van der Waals surface area contributed by atoms with E-state index < -0.39 is 16.1 Å². The van der Waals surface area contributed by atoms with Crippen LogP contribution in [0, 0.1) is 0 Å². The summed E-state index contributed by atoms with van der Waals surface area (Å²) >= 11 is 0. The van der Waals surface area contributed by atoms with E-state index in [-0.39, 0.29) is 11.7 Å². The van der Waals surface area contributed by atoms with E-state index in [1.165, 1.54) is 29.1 Å². The van der Waals surface area contributed by atoms with Crippen molar-refractivity contribution >= 4 is 15.9 Å². The highest BCUT2D eigenvalue weighted by molar-refractivity contribution is 7.89. The van der Waals surface area contributed by atoms with E-state index in [1.807, 2.05) is 18.2 Å². The number of aryl methyl sites for hydroxylation is 1. The Hall–Kier alpha value is -1.40. The Morgan fingerprint density at radius 2 is 1.79 bits per heavy atom. The van der Waals surface area contributed by atoms with Crippen molar-refractivity contribution in [3.8, 4) is 0 Å². The van der Waals surface area contributed by atoms with Crippen LogP contribution < -0.4 is 5.32 Å². The van der Waals surface area contributed by atoms with Gasteiger partial charge in [0, 0.05) is 13.1 Å². The summed E-state index contributed by atoms with van der Waals surface area (Å²) in [7, 11) is -3.35. The maximum absolute atomic E-state index is 12.7. The molecule has 28 heavy (non-hydrogen) atoms. The van der Waals surface area contributed by atoms with Crippen molar-refractivity contribution in [3.05, 3.63) is 35.9 Å². The van der Waals surface area contributed by atoms with Gasteiger partial charge >= 0.3 is 0 Å². The van der Waals surface area contributed by atoms with Crippen LogP contribution in [-0.4, -0.2) is 43.5 Å². The van der Waals surface area contributed by atoms with Crippen molar-refractivity contribution in [2.45, 2.75) is 77.2 Å². The van der Waals surface area contributed by atoms with E-state index in [0.717, 1.165) is 32.1 Å². The Kier molecular flexibility index (Phi) is 9.99. The van der Waals surface area contributed by atoms with Gasteiger partial charge in [0.2, 0.25) is 15.9 Å². The first-order valence-corrected chi connectivity index (χ1v) is 12.5. The summed E-state index contributed by atoms with van der Waals surface area (Å²) in [5.74, 6) is 0.0220. The summed E-state index contributed by atoms with van der Waals surface area (Å²) in [6.07, 6.45) is 9.46. The van der Waals surface area contributed by atoms with Gasteiger partial charge in [0.15, 0.2) is 0 Å². The molecule has 1 aromatic rings. The average molecular weight is 409 g/mol. The lowest BCUT2D eigenvalue weighted by Gasteiger charge is -2.23. The molecule has 0 saturated carbocycles. The second kappa shape index (κ2) is 12.2. The van der Waals surface area contributed by atoms with Crippen LogP contribution in [0.3, 0.4) is 0 Å². The predicted molar refractivity (Wildman–Crippen MR) is 115 cm³/mol. The predicted octanol–water partition coefficient (Wildman–Crippen LogP) is 3.89. The van der Waals surface area contributed by atoms with Crippen LogP contribution in [0.15, 0.2) is 30.3 Å². The van der Waals surface area contributed by atoms with Gasteiger partial charge in [0.05, 0.1) is 5.75 Å². The number of sulfonamides is 1. The molecule has 0 bridgehead atoms. The van der Waals surface area contributed by atoms with Crippen LogP contribution in [0.25, 0.3) is 0 Å². The number of hydrogen-bond acceptors (Lipinski definition) is 3. The van der Waals surface area contributed by atoms with Crippen molar-refractivity contribution in [2.75, 3.05) is 18.8 Å². The number of carbonyl (C=O) groups excluding carboxylic acids is 1. The molecule has 1 fully saturated rings. The molecule has 1 aliphatic heterocycles. The third-order valence-electron chi connectivity index (χ3n) is 5.40. The van der Waals surface area contributed by atoms with Gasteiger partial charge in [-0.15, -0.1) is 0 Å². The Labute approximate surface area is 170 Å². The minimum atomic E-state index is -3.35.